The molecule has 3 aliphatic carbocycles. The first-order valence-corrected chi connectivity index (χ1v) is 10.4. The monoisotopic (exact) mass is 320 g/mol. The van der Waals surface area contributed by atoms with Crippen LogP contribution in [-0.2, 0) is 0 Å². The molecule has 1 heteroatoms. The number of alkyl halides is 1. The molecule has 0 aromatic carbocycles. The van der Waals surface area contributed by atoms with Crippen molar-refractivity contribution in [2.24, 2.45) is 41.4 Å². The van der Waals surface area contributed by atoms with Crippen molar-refractivity contribution in [2.45, 2.75) is 84.2 Å². The van der Waals surface area contributed by atoms with Gasteiger partial charge in [0.1, 0.15) is 6.17 Å². The molecule has 0 aliphatic heterocycles. The fraction of sp³-hybridized carbons (Fsp3) is 0.909. The Balaban J connectivity index is 1.48. The molecule has 0 N–H and O–H groups in total. The molecule has 3 rings (SSSR count). The van der Waals surface area contributed by atoms with Crippen LogP contribution in [0.1, 0.15) is 78.1 Å². The lowest BCUT2D eigenvalue weighted by molar-refractivity contribution is 0.0204. The van der Waals surface area contributed by atoms with Crippen LogP contribution in [-0.4, -0.2) is 6.17 Å². The SMILES string of the molecule is C=CC1CCC(C2CCC(C3CCC(C)C(F)C3C)CC2)CC1. The van der Waals surface area contributed by atoms with Gasteiger partial charge < -0.3 is 0 Å². The average Bonchev–Trinajstić information content (AvgIpc) is 2.60. The quantitative estimate of drug-likeness (QED) is 0.501. The summed E-state index contributed by atoms with van der Waals surface area (Å²) in [4.78, 5) is 0. The summed E-state index contributed by atoms with van der Waals surface area (Å²) < 4.78 is 14.4. The predicted octanol–water partition coefficient (Wildman–Crippen LogP) is 6.81. The average molecular weight is 321 g/mol. The van der Waals surface area contributed by atoms with Crippen LogP contribution >= 0.6 is 0 Å². The van der Waals surface area contributed by atoms with E-state index in [0.717, 1.165) is 30.1 Å². The minimum Gasteiger partial charge on any atom is -0.247 e. The molecule has 0 aromatic heterocycles. The second-order valence-electron chi connectivity index (χ2n) is 9.11. The van der Waals surface area contributed by atoms with E-state index in [1.165, 1.54) is 57.8 Å². The Kier molecular flexibility index (Phi) is 5.86. The Hall–Kier alpha value is -0.330. The minimum atomic E-state index is -0.555. The predicted molar refractivity (Wildman–Crippen MR) is 97.0 cm³/mol. The molecule has 4 unspecified atom stereocenters. The van der Waals surface area contributed by atoms with Gasteiger partial charge in [-0.15, -0.1) is 6.58 Å². The van der Waals surface area contributed by atoms with Gasteiger partial charge in [-0.1, -0.05) is 19.9 Å². The van der Waals surface area contributed by atoms with Crippen molar-refractivity contribution in [1.29, 1.82) is 0 Å². The van der Waals surface area contributed by atoms with Crippen LogP contribution in [0.15, 0.2) is 12.7 Å². The number of hydrogen-bond donors (Lipinski definition) is 0. The van der Waals surface area contributed by atoms with E-state index < -0.39 is 6.17 Å². The highest BCUT2D eigenvalue weighted by Gasteiger charge is 2.40. The van der Waals surface area contributed by atoms with Crippen LogP contribution < -0.4 is 0 Å². The van der Waals surface area contributed by atoms with Crippen LogP contribution in [0.2, 0.25) is 0 Å². The number of hydrogen-bond acceptors (Lipinski definition) is 0. The summed E-state index contributed by atoms with van der Waals surface area (Å²) in [5.41, 5.74) is 0. The summed E-state index contributed by atoms with van der Waals surface area (Å²) in [6.45, 7) is 8.26. The smallest absolute Gasteiger partial charge is 0.105 e. The summed E-state index contributed by atoms with van der Waals surface area (Å²) in [7, 11) is 0. The molecule has 0 heterocycles. The molecule has 132 valence electrons. The van der Waals surface area contributed by atoms with Crippen molar-refractivity contribution in [2.75, 3.05) is 0 Å². The van der Waals surface area contributed by atoms with Gasteiger partial charge in [0.15, 0.2) is 0 Å². The van der Waals surface area contributed by atoms with E-state index in [1.54, 1.807) is 0 Å². The van der Waals surface area contributed by atoms with Gasteiger partial charge in [0.2, 0.25) is 0 Å². The first kappa shape index (κ1) is 17.5. The maximum atomic E-state index is 14.4. The summed E-state index contributed by atoms with van der Waals surface area (Å²) in [5, 5.41) is 0. The second kappa shape index (κ2) is 7.70. The van der Waals surface area contributed by atoms with Gasteiger partial charge in [-0.3, -0.25) is 0 Å². The highest BCUT2D eigenvalue weighted by Crippen LogP contribution is 2.48. The summed E-state index contributed by atoms with van der Waals surface area (Å²) in [6, 6.07) is 0. The second-order valence-corrected chi connectivity index (χ2v) is 9.11. The van der Waals surface area contributed by atoms with Gasteiger partial charge in [-0.25, -0.2) is 4.39 Å². The van der Waals surface area contributed by atoms with Crippen molar-refractivity contribution < 1.29 is 4.39 Å². The number of halogens is 1. The normalized spacial score (nSPS) is 48.8. The molecule has 23 heavy (non-hydrogen) atoms. The van der Waals surface area contributed by atoms with Crippen LogP contribution in [0.25, 0.3) is 0 Å². The Morgan fingerprint density at radius 1 is 0.739 bits per heavy atom. The van der Waals surface area contributed by atoms with Crippen LogP contribution in [0, 0.1) is 41.4 Å². The zero-order valence-electron chi connectivity index (χ0n) is 15.4. The zero-order chi connectivity index (χ0) is 16.4. The maximum Gasteiger partial charge on any atom is 0.105 e. The van der Waals surface area contributed by atoms with E-state index in [2.05, 4.69) is 26.5 Å². The first-order valence-electron chi connectivity index (χ1n) is 10.4. The van der Waals surface area contributed by atoms with Crippen molar-refractivity contribution in [3.63, 3.8) is 0 Å². The van der Waals surface area contributed by atoms with Gasteiger partial charge >= 0.3 is 0 Å². The largest absolute Gasteiger partial charge is 0.247 e. The van der Waals surface area contributed by atoms with E-state index in [-0.39, 0.29) is 5.92 Å². The highest BCUT2D eigenvalue weighted by molar-refractivity contribution is 4.91. The van der Waals surface area contributed by atoms with E-state index in [1.807, 2.05) is 0 Å². The highest BCUT2D eigenvalue weighted by atomic mass is 19.1. The Bertz CT molecular complexity index is 373. The fourth-order valence-corrected chi connectivity index (χ4v) is 6.19. The molecule has 0 amide bonds. The summed E-state index contributed by atoms with van der Waals surface area (Å²) >= 11 is 0. The van der Waals surface area contributed by atoms with Crippen LogP contribution in [0.3, 0.4) is 0 Å². The third kappa shape index (κ3) is 3.85. The molecule has 0 radical (unpaired) electrons. The van der Waals surface area contributed by atoms with E-state index in [0.29, 0.717) is 11.8 Å². The number of allylic oxidation sites excluding steroid dienone is 1. The molecular weight excluding hydrogens is 283 g/mol. The third-order valence-corrected chi connectivity index (χ3v) is 7.92. The van der Waals surface area contributed by atoms with Crippen molar-refractivity contribution in [3.8, 4) is 0 Å². The Labute approximate surface area is 143 Å². The lowest BCUT2D eigenvalue weighted by Crippen LogP contribution is -2.38. The van der Waals surface area contributed by atoms with Gasteiger partial charge in [0.25, 0.3) is 0 Å². The van der Waals surface area contributed by atoms with Crippen molar-refractivity contribution >= 4 is 0 Å². The fourth-order valence-electron chi connectivity index (χ4n) is 6.19. The van der Waals surface area contributed by atoms with Gasteiger partial charge in [0.05, 0.1) is 0 Å². The Morgan fingerprint density at radius 2 is 1.26 bits per heavy atom. The first-order chi connectivity index (χ1) is 11.1. The lowest BCUT2D eigenvalue weighted by atomic mass is 9.62. The van der Waals surface area contributed by atoms with Gasteiger partial charge in [-0.2, -0.15) is 0 Å². The van der Waals surface area contributed by atoms with Crippen molar-refractivity contribution in [1.82, 2.24) is 0 Å². The topological polar surface area (TPSA) is 0 Å². The molecule has 0 nitrogen and oxygen atoms in total. The molecule has 3 saturated carbocycles. The molecule has 0 spiro atoms. The standard InChI is InChI=1S/C22H37F/c1-4-17-6-8-18(9-7-17)19-10-12-20(13-11-19)21-14-5-15(2)22(23)16(21)3/h4,15-22H,1,5-14H2,2-3H3. The molecule has 3 fully saturated rings. The van der Waals surface area contributed by atoms with Crippen LogP contribution in [0.4, 0.5) is 4.39 Å². The zero-order valence-corrected chi connectivity index (χ0v) is 15.4. The molecular formula is C22H37F. The third-order valence-electron chi connectivity index (χ3n) is 7.92. The summed E-state index contributed by atoms with van der Waals surface area (Å²) in [6.07, 6.45) is 15.2. The van der Waals surface area contributed by atoms with E-state index in [9.17, 15) is 4.39 Å². The molecule has 3 aliphatic rings. The van der Waals surface area contributed by atoms with Gasteiger partial charge in [0, 0.05) is 0 Å². The van der Waals surface area contributed by atoms with Crippen LogP contribution in [0.5, 0.6) is 0 Å². The maximum absolute atomic E-state index is 14.4. The van der Waals surface area contributed by atoms with E-state index >= 15 is 0 Å². The lowest BCUT2D eigenvalue weighted by Gasteiger charge is -2.44. The minimum absolute atomic E-state index is 0.289. The molecule has 4 atom stereocenters. The molecule has 0 bridgehead atoms. The Morgan fingerprint density at radius 3 is 1.83 bits per heavy atom. The van der Waals surface area contributed by atoms with Gasteiger partial charge in [-0.05, 0) is 106 Å². The van der Waals surface area contributed by atoms with Crippen molar-refractivity contribution in [3.05, 3.63) is 12.7 Å². The summed E-state index contributed by atoms with van der Waals surface area (Å²) in [5.74, 6) is 4.80. The van der Waals surface area contributed by atoms with E-state index in [4.69, 9.17) is 0 Å². The molecule has 0 aromatic rings. The number of rotatable bonds is 3. The molecule has 0 saturated heterocycles.